The maximum atomic E-state index is 12.6. The van der Waals surface area contributed by atoms with Crippen molar-refractivity contribution in [3.05, 3.63) is 4.60 Å². The van der Waals surface area contributed by atoms with Crippen LogP contribution in [0.5, 0.6) is 0 Å². The van der Waals surface area contributed by atoms with Crippen LogP contribution in [0, 0.1) is 5.92 Å². The van der Waals surface area contributed by atoms with Crippen LogP contribution in [0.3, 0.4) is 0 Å². The minimum Gasteiger partial charge on any atom is -0.480 e. The molecule has 10 heteroatoms. The Kier molecular flexibility index (Phi) is 4.17. The van der Waals surface area contributed by atoms with Gasteiger partial charge >= 0.3 is 5.97 Å². The Morgan fingerprint density at radius 3 is 2.65 bits per heavy atom. The third-order valence-corrected chi connectivity index (χ3v) is 6.19. The van der Waals surface area contributed by atoms with Crippen molar-refractivity contribution in [1.82, 2.24) is 19.3 Å². The predicted molar refractivity (Wildman–Crippen MR) is 72.4 cm³/mol. The molecule has 1 saturated heterocycles. The first-order chi connectivity index (χ1) is 9.25. The second kappa shape index (κ2) is 5.41. The van der Waals surface area contributed by atoms with Crippen LogP contribution in [-0.2, 0) is 21.9 Å². The molecule has 2 rings (SSSR count). The van der Waals surface area contributed by atoms with Crippen LogP contribution in [0.2, 0.25) is 0 Å². The second-order valence-corrected chi connectivity index (χ2v) is 7.47. The van der Waals surface area contributed by atoms with E-state index in [1.165, 1.54) is 7.05 Å². The molecule has 1 aromatic heterocycles. The number of nitrogens with zero attached hydrogens (tertiary/aromatic N) is 4. The number of halogens is 1. The van der Waals surface area contributed by atoms with E-state index >= 15 is 0 Å². The van der Waals surface area contributed by atoms with Gasteiger partial charge in [-0.3, -0.25) is 4.79 Å². The van der Waals surface area contributed by atoms with Crippen molar-refractivity contribution in [3.63, 3.8) is 0 Å². The van der Waals surface area contributed by atoms with E-state index in [0.717, 1.165) is 8.99 Å². The first-order valence-electron chi connectivity index (χ1n) is 6.05. The third-order valence-electron chi connectivity index (χ3n) is 3.39. The van der Waals surface area contributed by atoms with Crippen molar-refractivity contribution >= 4 is 31.9 Å². The van der Waals surface area contributed by atoms with E-state index in [-0.39, 0.29) is 22.1 Å². The molecular formula is C10H15BrN4O4S. The lowest BCUT2D eigenvalue weighted by Gasteiger charge is -2.34. The quantitative estimate of drug-likeness (QED) is 0.832. The summed E-state index contributed by atoms with van der Waals surface area (Å²) >= 11 is 3.04. The molecule has 2 heterocycles. The van der Waals surface area contributed by atoms with E-state index in [9.17, 15) is 18.3 Å². The number of piperidine rings is 1. The van der Waals surface area contributed by atoms with Gasteiger partial charge in [0, 0.05) is 13.6 Å². The highest BCUT2D eigenvalue weighted by atomic mass is 79.9. The number of aryl methyl sites for hydroxylation is 1. The lowest BCUT2D eigenvalue weighted by atomic mass is 9.94. The summed E-state index contributed by atoms with van der Waals surface area (Å²) in [5, 5.41) is 16.4. The minimum atomic E-state index is -3.95. The number of carboxylic acids is 1. The van der Waals surface area contributed by atoms with Gasteiger partial charge < -0.3 is 5.11 Å². The van der Waals surface area contributed by atoms with Crippen LogP contribution in [0.1, 0.15) is 19.8 Å². The number of hydrogen-bond acceptors (Lipinski definition) is 5. The predicted octanol–water partition coefficient (Wildman–Crippen LogP) is 0.451. The van der Waals surface area contributed by atoms with Crippen molar-refractivity contribution in [2.75, 3.05) is 6.54 Å². The van der Waals surface area contributed by atoms with Crippen molar-refractivity contribution < 1.29 is 18.3 Å². The Balaban J connectivity index is 2.45. The second-order valence-electron chi connectivity index (χ2n) is 4.91. The third kappa shape index (κ3) is 2.59. The molecule has 0 radical (unpaired) electrons. The molecule has 1 aliphatic rings. The Morgan fingerprint density at radius 2 is 2.15 bits per heavy atom. The molecule has 0 saturated carbocycles. The number of carboxylic acid groups (broad SMARTS) is 1. The molecule has 20 heavy (non-hydrogen) atoms. The monoisotopic (exact) mass is 366 g/mol. The molecular weight excluding hydrogens is 352 g/mol. The lowest BCUT2D eigenvalue weighted by Crippen LogP contribution is -2.50. The SMILES string of the molecule is CC1CCN(S(=O)(=O)c2c(Br)nnn2C)C(C(=O)O)C1. The smallest absolute Gasteiger partial charge is 0.322 e. The Hall–Kier alpha value is -1.00. The van der Waals surface area contributed by atoms with Gasteiger partial charge in [-0.05, 0) is 34.7 Å². The zero-order valence-corrected chi connectivity index (χ0v) is 13.4. The number of aliphatic carboxylic acids is 1. The highest BCUT2D eigenvalue weighted by molar-refractivity contribution is 9.10. The van der Waals surface area contributed by atoms with Gasteiger partial charge in [0.15, 0.2) is 4.60 Å². The standard InChI is InChI=1S/C10H15BrN4O4S/c1-6-3-4-15(7(5-6)10(16)17)20(18,19)9-8(11)12-13-14(9)2/h6-7H,3-5H2,1-2H3,(H,16,17). The van der Waals surface area contributed by atoms with Crippen molar-refractivity contribution in [2.24, 2.45) is 13.0 Å². The van der Waals surface area contributed by atoms with Crippen LogP contribution in [0.25, 0.3) is 0 Å². The molecule has 0 spiro atoms. The van der Waals surface area contributed by atoms with Crippen LogP contribution < -0.4 is 0 Å². The van der Waals surface area contributed by atoms with Gasteiger partial charge in [0.2, 0.25) is 5.03 Å². The number of aromatic nitrogens is 3. The molecule has 1 aromatic rings. The number of hydrogen-bond donors (Lipinski definition) is 1. The molecule has 0 aliphatic carbocycles. The molecule has 1 fully saturated rings. The molecule has 0 amide bonds. The lowest BCUT2D eigenvalue weighted by molar-refractivity contribution is -0.143. The maximum Gasteiger partial charge on any atom is 0.322 e. The molecule has 0 bridgehead atoms. The zero-order valence-electron chi connectivity index (χ0n) is 11.0. The van der Waals surface area contributed by atoms with Gasteiger partial charge in [0.05, 0.1) is 0 Å². The van der Waals surface area contributed by atoms with Gasteiger partial charge in [-0.15, -0.1) is 5.10 Å². The van der Waals surface area contributed by atoms with Crippen molar-refractivity contribution in [1.29, 1.82) is 0 Å². The highest BCUT2D eigenvalue weighted by Crippen LogP contribution is 2.30. The van der Waals surface area contributed by atoms with Gasteiger partial charge in [0.25, 0.3) is 10.0 Å². The van der Waals surface area contributed by atoms with Crippen molar-refractivity contribution in [2.45, 2.75) is 30.8 Å². The summed E-state index contributed by atoms with van der Waals surface area (Å²) in [6, 6.07) is -1.05. The summed E-state index contributed by atoms with van der Waals surface area (Å²) in [5.74, 6) is -0.956. The summed E-state index contributed by atoms with van der Waals surface area (Å²) in [6.07, 6.45) is 0.934. The van der Waals surface area contributed by atoms with E-state index in [1.807, 2.05) is 6.92 Å². The maximum absolute atomic E-state index is 12.6. The average Bonchev–Trinajstić information content (AvgIpc) is 2.69. The minimum absolute atomic E-state index is 0.0859. The zero-order chi connectivity index (χ0) is 15.1. The number of carbonyl (C=O) groups is 1. The highest BCUT2D eigenvalue weighted by Gasteiger charge is 2.42. The molecule has 0 aromatic carbocycles. The molecule has 8 nitrogen and oxygen atoms in total. The average molecular weight is 367 g/mol. The van der Waals surface area contributed by atoms with Crippen LogP contribution in [-0.4, -0.2) is 51.4 Å². The van der Waals surface area contributed by atoms with E-state index < -0.39 is 22.0 Å². The number of sulfonamides is 1. The Bertz CT molecular complexity index is 610. The van der Waals surface area contributed by atoms with Crippen LogP contribution >= 0.6 is 15.9 Å². The topological polar surface area (TPSA) is 105 Å². The molecule has 2 atom stereocenters. The fourth-order valence-corrected chi connectivity index (χ4v) is 4.98. The first-order valence-corrected chi connectivity index (χ1v) is 8.28. The van der Waals surface area contributed by atoms with E-state index in [2.05, 4.69) is 26.2 Å². The van der Waals surface area contributed by atoms with Crippen LogP contribution in [0.15, 0.2) is 9.63 Å². The first kappa shape index (κ1) is 15.4. The van der Waals surface area contributed by atoms with Gasteiger partial charge in [-0.2, -0.15) is 4.31 Å². The fourth-order valence-electron chi connectivity index (χ4n) is 2.34. The van der Waals surface area contributed by atoms with E-state index in [1.54, 1.807) is 0 Å². The largest absolute Gasteiger partial charge is 0.480 e. The van der Waals surface area contributed by atoms with Gasteiger partial charge in [0.1, 0.15) is 6.04 Å². The fraction of sp³-hybridized carbons (Fsp3) is 0.700. The van der Waals surface area contributed by atoms with Gasteiger partial charge in [-0.1, -0.05) is 12.1 Å². The summed E-state index contributed by atoms with van der Waals surface area (Å²) < 4.78 is 27.5. The molecule has 2 unspecified atom stereocenters. The normalized spacial score (nSPS) is 24.8. The van der Waals surface area contributed by atoms with Crippen LogP contribution in [0.4, 0.5) is 0 Å². The number of rotatable bonds is 3. The molecule has 112 valence electrons. The van der Waals surface area contributed by atoms with E-state index in [4.69, 9.17) is 0 Å². The van der Waals surface area contributed by atoms with Crippen molar-refractivity contribution in [3.8, 4) is 0 Å². The summed E-state index contributed by atoms with van der Waals surface area (Å²) in [7, 11) is -2.50. The molecule has 1 N–H and O–H groups in total. The summed E-state index contributed by atoms with van der Waals surface area (Å²) in [6.45, 7) is 2.10. The Morgan fingerprint density at radius 1 is 1.50 bits per heavy atom. The summed E-state index contributed by atoms with van der Waals surface area (Å²) in [5.41, 5.74) is 0. The van der Waals surface area contributed by atoms with E-state index in [0.29, 0.717) is 12.8 Å². The van der Waals surface area contributed by atoms with Gasteiger partial charge in [-0.25, -0.2) is 13.1 Å². The summed E-state index contributed by atoms with van der Waals surface area (Å²) in [4.78, 5) is 11.3. The molecule has 1 aliphatic heterocycles. The Labute approximate surface area is 124 Å².